The second kappa shape index (κ2) is 8.39. The summed E-state index contributed by atoms with van der Waals surface area (Å²) in [5.41, 5.74) is 1.75. The lowest BCUT2D eigenvalue weighted by Crippen LogP contribution is -2.36. The van der Waals surface area contributed by atoms with Gasteiger partial charge in [0.1, 0.15) is 16.2 Å². The maximum atomic E-state index is 14.4. The maximum absolute atomic E-state index is 14.4. The molecule has 0 unspecified atom stereocenters. The van der Waals surface area contributed by atoms with Crippen LogP contribution in [-0.4, -0.2) is 36.7 Å². The van der Waals surface area contributed by atoms with E-state index in [9.17, 15) is 17.6 Å². The highest BCUT2D eigenvalue weighted by molar-refractivity contribution is 7.89. The van der Waals surface area contributed by atoms with Gasteiger partial charge in [-0.3, -0.25) is 4.79 Å². The molecule has 2 aromatic carbocycles. The number of benzene rings is 2. The molecule has 1 aliphatic rings. The van der Waals surface area contributed by atoms with Crippen LogP contribution in [0.25, 0.3) is 11.1 Å². The standard InChI is InChI=1S/C22H24FN3O4S/c1-14(2)22-25-18-13-16(7-9-19(18)30-22)24-21(27)15-6-8-17(23)20(12-15)31(28,29)26-10-4-3-5-11-26/h6-9,12-14H,3-5,10-11H2,1-2H3,(H,24,27). The first kappa shape index (κ1) is 21.5. The van der Waals surface area contributed by atoms with Gasteiger partial charge < -0.3 is 9.73 Å². The minimum absolute atomic E-state index is 0.0557. The van der Waals surface area contributed by atoms with Gasteiger partial charge in [0.15, 0.2) is 11.5 Å². The van der Waals surface area contributed by atoms with Crippen molar-refractivity contribution in [3.8, 4) is 0 Å². The summed E-state index contributed by atoms with van der Waals surface area (Å²) in [7, 11) is -4.00. The number of carbonyl (C=O) groups excluding carboxylic acids is 1. The van der Waals surface area contributed by atoms with E-state index in [1.54, 1.807) is 18.2 Å². The van der Waals surface area contributed by atoms with Crippen molar-refractivity contribution in [1.82, 2.24) is 9.29 Å². The van der Waals surface area contributed by atoms with Gasteiger partial charge in [0.2, 0.25) is 10.0 Å². The molecule has 1 aliphatic heterocycles. The highest BCUT2D eigenvalue weighted by atomic mass is 32.2. The van der Waals surface area contributed by atoms with Crippen LogP contribution in [0.15, 0.2) is 45.7 Å². The third-order valence-electron chi connectivity index (χ3n) is 5.28. The number of rotatable bonds is 5. The fourth-order valence-electron chi connectivity index (χ4n) is 3.56. The molecule has 1 saturated heterocycles. The Balaban J connectivity index is 1.59. The van der Waals surface area contributed by atoms with Gasteiger partial charge in [0.25, 0.3) is 5.91 Å². The number of aromatic nitrogens is 1. The number of nitrogens with zero attached hydrogens (tertiary/aromatic N) is 2. The summed E-state index contributed by atoms with van der Waals surface area (Å²) in [6, 6.07) is 8.44. The van der Waals surface area contributed by atoms with Gasteiger partial charge in [-0.25, -0.2) is 17.8 Å². The molecule has 1 aromatic heterocycles. The molecular formula is C22H24FN3O4S. The van der Waals surface area contributed by atoms with Crippen molar-refractivity contribution < 1.29 is 22.0 Å². The van der Waals surface area contributed by atoms with E-state index >= 15 is 0 Å². The molecule has 0 spiro atoms. The van der Waals surface area contributed by atoms with E-state index < -0.39 is 26.6 Å². The van der Waals surface area contributed by atoms with Crippen molar-refractivity contribution in [3.05, 3.63) is 53.7 Å². The van der Waals surface area contributed by atoms with Crippen LogP contribution in [0.5, 0.6) is 0 Å². The number of piperidine rings is 1. The van der Waals surface area contributed by atoms with Gasteiger partial charge in [-0.05, 0) is 49.2 Å². The van der Waals surface area contributed by atoms with Crippen molar-refractivity contribution in [2.45, 2.75) is 43.9 Å². The summed E-state index contributed by atoms with van der Waals surface area (Å²) in [5.74, 6) is -0.677. The Labute approximate surface area is 180 Å². The average molecular weight is 446 g/mol. The lowest BCUT2D eigenvalue weighted by molar-refractivity contribution is 0.102. The largest absolute Gasteiger partial charge is 0.440 e. The van der Waals surface area contributed by atoms with Gasteiger partial charge in [-0.2, -0.15) is 4.31 Å². The van der Waals surface area contributed by atoms with Gasteiger partial charge in [-0.1, -0.05) is 20.3 Å². The van der Waals surface area contributed by atoms with E-state index in [-0.39, 0.29) is 11.5 Å². The Kier molecular flexibility index (Phi) is 5.81. The van der Waals surface area contributed by atoms with Crippen LogP contribution in [-0.2, 0) is 10.0 Å². The van der Waals surface area contributed by atoms with Gasteiger partial charge in [-0.15, -0.1) is 0 Å². The van der Waals surface area contributed by atoms with Crippen molar-refractivity contribution in [1.29, 1.82) is 0 Å². The van der Waals surface area contributed by atoms with E-state index in [2.05, 4.69) is 10.3 Å². The Morgan fingerprint density at radius 2 is 1.87 bits per heavy atom. The Morgan fingerprint density at radius 3 is 2.58 bits per heavy atom. The number of halogens is 1. The van der Waals surface area contributed by atoms with Crippen LogP contribution < -0.4 is 5.32 Å². The van der Waals surface area contributed by atoms with E-state index in [0.29, 0.717) is 35.8 Å². The number of nitrogens with one attached hydrogen (secondary N) is 1. The Bertz CT molecular complexity index is 1230. The number of hydrogen-bond donors (Lipinski definition) is 1. The average Bonchev–Trinajstić information content (AvgIpc) is 3.18. The molecule has 0 atom stereocenters. The van der Waals surface area contributed by atoms with Crippen molar-refractivity contribution >= 4 is 32.7 Å². The van der Waals surface area contributed by atoms with Crippen molar-refractivity contribution in [2.75, 3.05) is 18.4 Å². The number of sulfonamides is 1. The zero-order valence-corrected chi connectivity index (χ0v) is 18.2. The minimum atomic E-state index is -4.00. The number of carbonyl (C=O) groups is 1. The van der Waals surface area contributed by atoms with E-state index in [1.165, 1.54) is 10.4 Å². The molecule has 9 heteroatoms. The fraction of sp³-hybridized carbons (Fsp3) is 0.364. The zero-order chi connectivity index (χ0) is 22.2. The Hall–Kier alpha value is -2.78. The van der Waals surface area contributed by atoms with Crippen LogP contribution in [0.2, 0.25) is 0 Å². The first-order valence-electron chi connectivity index (χ1n) is 10.3. The van der Waals surface area contributed by atoms with Crippen molar-refractivity contribution in [3.63, 3.8) is 0 Å². The van der Waals surface area contributed by atoms with Gasteiger partial charge in [0, 0.05) is 30.3 Å². The predicted molar refractivity (Wildman–Crippen MR) is 115 cm³/mol. The minimum Gasteiger partial charge on any atom is -0.440 e. The predicted octanol–water partition coefficient (Wildman–Crippen LogP) is 4.52. The second-order valence-corrected chi connectivity index (χ2v) is 9.86. The lowest BCUT2D eigenvalue weighted by Gasteiger charge is -2.26. The lowest BCUT2D eigenvalue weighted by atomic mass is 10.2. The summed E-state index contributed by atoms with van der Waals surface area (Å²) < 4.78 is 47.1. The molecule has 31 heavy (non-hydrogen) atoms. The number of fused-ring (bicyclic) bond motifs is 1. The van der Waals surface area contributed by atoms with Crippen molar-refractivity contribution in [2.24, 2.45) is 0 Å². The highest BCUT2D eigenvalue weighted by Gasteiger charge is 2.29. The first-order chi connectivity index (χ1) is 14.8. The third-order valence-corrected chi connectivity index (χ3v) is 7.20. The first-order valence-corrected chi connectivity index (χ1v) is 11.7. The summed E-state index contributed by atoms with van der Waals surface area (Å²) in [4.78, 5) is 16.7. The van der Waals surface area contributed by atoms with Gasteiger partial charge >= 0.3 is 0 Å². The molecule has 1 fully saturated rings. The van der Waals surface area contributed by atoms with Crippen LogP contribution >= 0.6 is 0 Å². The molecule has 164 valence electrons. The highest BCUT2D eigenvalue weighted by Crippen LogP contribution is 2.26. The summed E-state index contributed by atoms with van der Waals surface area (Å²) in [6.45, 7) is 4.65. The van der Waals surface area contributed by atoms with Gasteiger partial charge in [0.05, 0.1) is 0 Å². The monoisotopic (exact) mass is 445 g/mol. The SMILES string of the molecule is CC(C)c1nc2cc(NC(=O)c3ccc(F)c(S(=O)(=O)N4CCCCC4)c3)ccc2o1. The van der Waals surface area contributed by atoms with Crippen LogP contribution in [0.4, 0.5) is 10.1 Å². The molecule has 1 amide bonds. The topological polar surface area (TPSA) is 92.5 Å². The molecule has 1 N–H and O–H groups in total. The van der Waals surface area contributed by atoms with Crippen LogP contribution in [0.3, 0.4) is 0 Å². The number of amides is 1. The normalized spacial score (nSPS) is 15.5. The molecule has 3 aromatic rings. The van der Waals surface area contributed by atoms with E-state index in [1.807, 2.05) is 13.8 Å². The third kappa shape index (κ3) is 4.33. The van der Waals surface area contributed by atoms with E-state index in [4.69, 9.17) is 4.42 Å². The number of anilines is 1. The number of oxazole rings is 1. The smallest absolute Gasteiger partial charge is 0.255 e. The maximum Gasteiger partial charge on any atom is 0.255 e. The Morgan fingerprint density at radius 1 is 1.13 bits per heavy atom. The molecule has 0 saturated carbocycles. The fourth-order valence-corrected chi connectivity index (χ4v) is 5.17. The quantitative estimate of drug-likeness (QED) is 0.623. The van der Waals surface area contributed by atoms with Crippen LogP contribution in [0, 0.1) is 5.82 Å². The molecule has 2 heterocycles. The molecule has 0 bridgehead atoms. The van der Waals surface area contributed by atoms with E-state index in [0.717, 1.165) is 31.4 Å². The molecule has 4 rings (SSSR count). The molecule has 0 aliphatic carbocycles. The summed E-state index contributed by atoms with van der Waals surface area (Å²) in [5, 5.41) is 2.72. The molecular weight excluding hydrogens is 421 g/mol. The van der Waals surface area contributed by atoms with Crippen LogP contribution in [0.1, 0.15) is 55.3 Å². The second-order valence-electron chi connectivity index (χ2n) is 7.95. The summed E-state index contributed by atoms with van der Waals surface area (Å²) in [6.07, 6.45) is 2.43. The zero-order valence-electron chi connectivity index (χ0n) is 17.4. The molecule has 0 radical (unpaired) electrons. The molecule has 7 nitrogen and oxygen atoms in total. The number of hydrogen-bond acceptors (Lipinski definition) is 5. The summed E-state index contributed by atoms with van der Waals surface area (Å²) >= 11 is 0.